The van der Waals surface area contributed by atoms with Crippen LogP contribution in [0.5, 0.6) is 0 Å². The first kappa shape index (κ1) is 25.2. The summed E-state index contributed by atoms with van der Waals surface area (Å²) in [5.74, 6) is -0.154. The molecule has 1 aromatic heterocycles. The van der Waals surface area contributed by atoms with Gasteiger partial charge in [-0.3, -0.25) is 5.32 Å². The van der Waals surface area contributed by atoms with Crippen LogP contribution in [0.1, 0.15) is 18.4 Å². The number of likely N-dealkylation sites (N-methyl/N-ethyl adjacent to an activating group) is 1. The third-order valence-corrected chi connectivity index (χ3v) is 5.69. The lowest BCUT2D eigenvalue weighted by molar-refractivity contribution is 0.113. The Morgan fingerprint density at radius 1 is 1.21 bits per heavy atom. The normalized spacial score (nSPS) is 11.6. The summed E-state index contributed by atoms with van der Waals surface area (Å²) in [6.45, 7) is 0.668. The number of urea groups is 1. The zero-order chi connectivity index (χ0) is 24.5. The van der Waals surface area contributed by atoms with E-state index in [9.17, 15) is 14.0 Å². The molecule has 0 radical (unpaired) electrons. The molecule has 1 atom stereocenters. The Morgan fingerprint density at radius 3 is 2.76 bits per heavy atom. The molecule has 0 aliphatic rings. The number of nitrogens with one attached hydrogen (secondary N) is 2. The monoisotopic (exact) mass is 487 g/mol. The lowest BCUT2D eigenvalue weighted by Gasteiger charge is -2.28. The van der Waals surface area contributed by atoms with E-state index in [1.54, 1.807) is 25.2 Å². The number of rotatable bonds is 9. The highest BCUT2D eigenvalue weighted by molar-refractivity contribution is 6.31. The average Bonchev–Trinajstić information content (AvgIpc) is 2.82. The van der Waals surface area contributed by atoms with Crippen LogP contribution in [0, 0.1) is 5.82 Å². The molecule has 0 aliphatic heterocycles. The van der Waals surface area contributed by atoms with Crippen LogP contribution in [0.4, 0.5) is 19.8 Å². The summed E-state index contributed by atoms with van der Waals surface area (Å²) in [7, 11) is 1.63. The number of carbonyl (C=O) groups excluding carboxylic acids is 2. The minimum absolute atomic E-state index is 0.0376. The van der Waals surface area contributed by atoms with Gasteiger partial charge in [0.05, 0.1) is 6.04 Å². The predicted octanol–water partition coefficient (Wildman–Crippen LogP) is 4.52. The van der Waals surface area contributed by atoms with Crippen molar-refractivity contribution in [2.24, 2.45) is 5.73 Å². The van der Waals surface area contributed by atoms with Crippen LogP contribution in [-0.2, 0) is 11.3 Å². The van der Waals surface area contributed by atoms with Crippen LogP contribution in [0.25, 0.3) is 10.8 Å². The number of hydrogen-bond donors (Lipinski definition) is 3. The fourth-order valence-corrected chi connectivity index (χ4v) is 3.54. The second-order valence-electron chi connectivity index (χ2n) is 7.73. The highest BCUT2D eigenvalue weighted by atomic mass is 35.5. The van der Waals surface area contributed by atoms with Crippen molar-refractivity contribution < 1.29 is 18.7 Å². The van der Waals surface area contributed by atoms with Crippen molar-refractivity contribution in [3.63, 3.8) is 0 Å². The van der Waals surface area contributed by atoms with Gasteiger partial charge in [-0.2, -0.15) is 0 Å². The maximum atomic E-state index is 13.5. The van der Waals surface area contributed by atoms with Gasteiger partial charge < -0.3 is 20.7 Å². The minimum atomic E-state index is -0.731. The van der Waals surface area contributed by atoms with E-state index in [4.69, 9.17) is 22.1 Å². The second-order valence-corrected chi connectivity index (χ2v) is 8.14. The Bertz CT molecular complexity index is 1150. The second kappa shape index (κ2) is 12.2. The highest BCUT2D eigenvalue weighted by Gasteiger charge is 2.21. The lowest BCUT2D eigenvalue weighted by Crippen LogP contribution is -2.46. The Balaban J connectivity index is 1.56. The van der Waals surface area contributed by atoms with Crippen molar-refractivity contribution in [3.05, 3.63) is 71.1 Å². The molecule has 0 saturated carbocycles. The van der Waals surface area contributed by atoms with Crippen LogP contribution in [-0.4, -0.2) is 48.2 Å². The number of carbonyl (C=O) groups is 2. The van der Waals surface area contributed by atoms with E-state index < -0.39 is 6.09 Å². The Morgan fingerprint density at radius 2 is 2.00 bits per heavy atom. The number of nitrogens with zero attached hydrogens (tertiary/aromatic N) is 2. The smallest absolute Gasteiger partial charge is 0.412 e. The van der Waals surface area contributed by atoms with Crippen LogP contribution in [0.15, 0.2) is 54.7 Å². The summed E-state index contributed by atoms with van der Waals surface area (Å²) in [4.78, 5) is 30.6. The van der Waals surface area contributed by atoms with E-state index in [1.165, 1.54) is 23.2 Å². The average molecular weight is 488 g/mol. The van der Waals surface area contributed by atoms with Gasteiger partial charge in [-0.15, -0.1) is 0 Å². The van der Waals surface area contributed by atoms with Crippen LogP contribution in [0.2, 0.25) is 5.02 Å². The first-order valence-corrected chi connectivity index (χ1v) is 11.2. The number of benzene rings is 2. The molecule has 0 aliphatic carbocycles. The molecule has 10 heteroatoms. The number of amides is 3. The molecular formula is C24H27ClFN5O3. The SMILES string of the molecule is CN(C(=O)NCc1ccccc1Cl)[C@@H](CCCN)COC(=O)Nc1cc2cc(F)ccc2cn1. The molecule has 8 nitrogen and oxygen atoms in total. The Hall–Kier alpha value is -3.43. The van der Waals surface area contributed by atoms with Crippen molar-refractivity contribution in [1.82, 2.24) is 15.2 Å². The third kappa shape index (κ3) is 7.03. The molecule has 0 saturated heterocycles. The zero-order valence-electron chi connectivity index (χ0n) is 18.8. The summed E-state index contributed by atoms with van der Waals surface area (Å²) in [5, 5.41) is 7.26. The van der Waals surface area contributed by atoms with E-state index in [2.05, 4.69) is 15.6 Å². The predicted molar refractivity (Wildman–Crippen MR) is 130 cm³/mol. The Labute approximate surface area is 202 Å². The largest absolute Gasteiger partial charge is 0.447 e. The van der Waals surface area contributed by atoms with Gasteiger partial charge in [0, 0.05) is 30.2 Å². The molecule has 0 bridgehead atoms. The summed E-state index contributed by atoms with van der Waals surface area (Å²) < 4.78 is 18.8. The molecule has 3 amide bonds. The summed E-state index contributed by atoms with van der Waals surface area (Å²) in [6.07, 6.45) is 2.00. The molecule has 3 rings (SSSR count). The maximum Gasteiger partial charge on any atom is 0.412 e. The van der Waals surface area contributed by atoms with Gasteiger partial charge in [0.2, 0.25) is 0 Å². The van der Waals surface area contributed by atoms with Gasteiger partial charge in [0.15, 0.2) is 0 Å². The maximum absolute atomic E-state index is 13.5. The number of aromatic nitrogens is 1. The first-order valence-electron chi connectivity index (χ1n) is 10.8. The van der Waals surface area contributed by atoms with Crippen molar-refractivity contribution in [2.75, 3.05) is 25.5 Å². The topological polar surface area (TPSA) is 110 Å². The standard InChI is InChI=1S/C24H27ClFN5O3/c1-31(23(32)29-14-17-5-2-3-7-21(17)25)20(6-4-10-27)15-34-24(33)30-22-12-18-11-19(26)9-8-16(18)13-28-22/h2-3,5,7-9,11-13,20H,4,6,10,14-15,27H2,1H3,(H,29,32)(H,28,30,33)/t20-/m0/s1. The number of ether oxygens (including phenoxy) is 1. The number of fused-ring (bicyclic) bond motifs is 1. The lowest BCUT2D eigenvalue weighted by atomic mass is 10.1. The van der Waals surface area contributed by atoms with Crippen molar-refractivity contribution in [1.29, 1.82) is 0 Å². The van der Waals surface area contributed by atoms with Crippen LogP contribution < -0.4 is 16.4 Å². The van der Waals surface area contributed by atoms with Gasteiger partial charge in [-0.05, 0) is 60.7 Å². The molecule has 0 spiro atoms. The molecule has 0 unspecified atom stereocenters. The van der Waals surface area contributed by atoms with E-state index in [0.717, 1.165) is 10.9 Å². The van der Waals surface area contributed by atoms with Gasteiger partial charge in [-0.25, -0.2) is 19.0 Å². The summed E-state index contributed by atoms with van der Waals surface area (Å²) >= 11 is 6.14. The fourth-order valence-electron chi connectivity index (χ4n) is 3.34. The molecule has 3 aromatic rings. The number of pyridine rings is 1. The van der Waals surface area contributed by atoms with Gasteiger partial charge in [-0.1, -0.05) is 29.8 Å². The van der Waals surface area contributed by atoms with Crippen LogP contribution >= 0.6 is 11.6 Å². The molecule has 1 heterocycles. The number of anilines is 1. The molecule has 4 N–H and O–H groups in total. The molecular weight excluding hydrogens is 461 g/mol. The van der Waals surface area contributed by atoms with Crippen LogP contribution in [0.3, 0.4) is 0 Å². The number of hydrogen-bond acceptors (Lipinski definition) is 5. The first-order chi connectivity index (χ1) is 16.4. The zero-order valence-corrected chi connectivity index (χ0v) is 19.5. The minimum Gasteiger partial charge on any atom is -0.447 e. The molecule has 2 aromatic carbocycles. The van der Waals surface area contributed by atoms with E-state index in [0.29, 0.717) is 29.8 Å². The number of halogens is 2. The highest BCUT2D eigenvalue weighted by Crippen LogP contribution is 2.18. The Kier molecular flexibility index (Phi) is 9.00. The molecule has 0 fully saturated rings. The number of nitrogens with two attached hydrogens (primary N) is 1. The van der Waals surface area contributed by atoms with E-state index >= 15 is 0 Å². The third-order valence-electron chi connectivity index (χ3n) is 5.32. The van der Waals surface area contributed by atoms with Crippen molar-refractivity contribution >= 4 is 40.3 Å². The quantitative estimate of drug-likeness (QED) is 0.411. The van der Waals surface area contributed by atoms with E-state index in [-0.39, 0.29) is 36.9 Å². The fraction of sp³-hybridized carbons (Fsp3) is 0.292. The summed E-state index contributed by atoms with van der Waals surface area (Å²) in [5.41, 5.74) is 6.42. The van der Waals surface area contributed by atoms with Crippen molar-refractivity contribution in [2.45, 2.75) is 25.4 Å². The van der Waals surface area contributed by atoms with E-state index in [1.807, 2.05) is 18.2 Å². The van der Waals surface area contributed by atoms with Crippen molar-refractivity contribution in [3.8, 4) is 0 Å². The molecule has 180 valence electrons. The molecule has 34 heavy (non-hydrogen) atoms. The van der Waals surface area contributed by atoms with Gasteiger partial charge in [0.1, 0.15) is 18.2 Å². The summed E-state index contributed by atoms with van der Waals surface area (Å²) in [6, 6.07) is 12.4. The van der Waals surface area contributed by atoms with Gasteiger partial charge in [0.25, 0.3) is 0 Å². The van der Waals surface area contributed by atoms with Gasteiger partial charge >= 0.3 is 12.1 Å².